The molecule has 0 aliphatic rings. The maximum absolute atomic E-state index is 6.68. The summed E-state index contributed by atoms with van der Waals surface area (Å²) in [7, 11) is -0.149. The van der Waals surface area contributed by atoms with Crippen molar-refractivity contribution in [2.75, 3.05) is 13.7 Å². The van der Waals surface area contributed by atoms with Gasteiger partial charge < -0.3 is 13.9 Å². The molecule has 0 aromatic heterocycles. The van der Waals surface area contributed by atoms with Gasteiger partial charge in [0, 0.05) is 17.4 Å². The van der Waals surface area contributed by atoms with Crippen molar-refractivity contribution in [3.05, 3.63) is 42.2 Å². The Morgan fingerprint density at radius 1 is 1.03 bits per heavy atom. The molecule has 0 radical (unpaired) electrons. The van der Waals surface area contributed by atoms with Gasteiger partial charge in [0.15, 0.2) is 0 Å². The van der Waals surface area contributed by atoms with Crippen molar-refractivity contribution in [1.29, 1.82) is 0 Å². The Labute approximate surface area is 191 Å². The van der Waals surface area contributed by atoms with Crippen molar-refractivity contribution in [3.63, 3.8) is 0 Å². The highest BCUT2D eigenvalue weighted by Gasteiger charge is 2.41. The smallest absolute Gasteiger partial charge is 0.250 e. The van der Waals surface area contributed by atoms with Crippen LogP contribution in [0.4, 0.5) is 0 Å². The molecule has 0 bridgehead atoms. The van der Waals surface area contributed by atoms with Gasteiger partial charge in [0.05, 0.1) is 18.5 Å². The fourth-order valence-corrected chi connectivity index (χ4v) is 5.08. The number of allylic oxidation sites excluding steroid dienone is 1. The lowest BCUT2D eigenvalue weighted by molar-refractivity contribution is -0.0316. The van der Waals surface area contributed by atoms with Crippen LogP contribution >= 0.6 is 11.8 Å². The van der Waals surface area contributed by atoms with Crippen LogP contribution in [-0.4, -0.2) is 33.6 Å². The largest absolute Gasteiger partial charge is 0.546 e. The predicted octanol–water partition coefficient (Wildman–Crippen LogP) is 7.74. The van der Waals surface area contributed by atoms with E-state index in [1.54, 1.807) is 18.9 Å². The molecule has 0 heterocycles. The zero-order valence-electron chi connectivity index (χ0n) is 21.0. The molecule has 0 amide bonds. The lowest BCUT2D eigenvalue weighted by atomic mass is 9.94. The lowest BCUT2D eigenvalue weighted by Gasteiger charge is -2.40. The maximum atomic E-state index is 6.68. The van der Waals surface area contributed by atoms with Crippen LogP contribution in [0.1, 0.15) is 55.4 Å². The Balaban J connectivity index is 2.95. The Morgan fingerprint density at radius 3 is 2.03 bits per heavy atom. The number of thioether (sulfide) groups is 1. The minimum atomic E-state index is -1.91. The zero-order valence-corrected chi connectivity index (χ0v) is 22.9. The van der Waals surface area contributed by atoms with E-state index in [1.807, 2.05) is 6.07 Å². The number of methoxy groups -OCH3 is 1. The first-order valence-corrected chi connectivity index (χ1v) is 14.7. The predicted molar refractivity (Wildman–Crippen MR) is 133 cm³/mol. The SMILES string of the molecule is COC(Sc1ccccc1)C(OC/C=C(/O[Si](C)(C)C(C)(C)C)C(C)(C)C)C(C)C. The molecule has 3 nitrogen and oxygen atoms in total. The third-order valence-electron chi connectivity index (χ3n) is 5.62. The molecule has 2 atom stereocenters. The van der Waals surface area contributed by atoms with E-state index in [1.165, 1.54) is 4.90 Å². The molecule has 0 saturated carbocycles. The normalized spacial score (nSPS) is 15.9. The molecule has 0 fully saturated rings. The molecule has 0 spiro atoms. The first-order valence-electron chi connectivity index (χ1n) is 10.9. The lowest BCUT2D eigenvalue weighted by Crippen LogP contribution is -2.42. The summed E-state index contributed by atoms with van der Waals surface area (Å²) in [4.78, 5) is 1.19. The van der Waals surface area contributed by atoms with Gasteiger partial charge in [-0.15, -0.1) is 0 Å². The van der Waals surface area contributed by atoms with E-state index in [0.29, 0.717) is 12.5 Å². The average Bonchev–Trinajstić information content (AvgIpc) is 2.61. The van der Waals surface area contributed by atoms with Crippen molar-refractivity contribution >= 4 is 20.1 Å². The monoisotopic (exact) mass is 452 g/mol. The summed E-state index contributed by atoms with van der Waals surface area (Å²) in [5, 5.41) is 0.159. The third kappa shape index (κ3) is 8.41. The van der Waals surface area contributed by atoms with Gasteiger partial charge >= 0.3 is 0 Å². The summed E-state index contributed by atoms with van der Waals surface area (Å²) in [6, 6.07) is 10.4. The van der Waals surface area contributed by atoms with Crippen LogP contribution in [0.3, 0.4) is 0 Å². The number of rotatable bonds is 10. The first-order chi connectivity index (χ1) is 13.7. The van der Waals surface area contributed by atoms with Crippen LogP contribution in [0.5, 0.6) is 0 Å². The van der Waals surface area contributed by atoms with Crippen molar-refractivity contribution in [1.82, 2.24) is 0 Å². The van der Waals surface area contributed by atoms with Crippen LogP contribution in [-0.2, 0) is 13.9 Å². The van der Waals surface area contributed by atoms with E-state index in [9.17, 15) is 0 Å². The highest BCUT2D eigenvalue weighted by Crippen LogP contribution is 2.41. The second-order valence-corrected chi connectivity index (χ2v) is 16.7. The van der Waals surface area contributed by atoms with Gasteiger partial charge in [-0.25, -0.2) is 0 Å². The van der Waals surface area contributed by atoms with E-state index in [2.05, 4.69) is 98.8 Å². The second kappa shape index (κ2) is 11.2. The van der Waals surface area contributed by atoms with Gasteiger partial charge in [0.1, 0.15) is 5.44 Å². The molecular weight excluding hydrogens is 408 g/mol. The van der Waals surface area contributed by atoms with Crippen molar-refractivity contribution in [2.45, 2.75) is 90.0 Å². The topological polar surface area (TPSA) is 27.7 Å². The molecule has 30 heavy (non-hydrogen) atoms. The Bertz CT molecular complexity index is 657. The van der Waals surface area contributed by atoms with Crippen LogP contribution in [0.2, 0.25) is 18.1 Å². The molecule has 5 heteroatoms. The molecule has 172 valence electrons. The summed E-state index contributed by atoms with van der Waals surface area (Å²) >= 11 is 1.71. The minimum absolute atomic E-state index is 0.0226. The zero-order chi connectivity index (χ0) is 23.2. The standard InChI is InChI=1S/C25H44O3SSi/c1-19(2)22(23(26-9)29-20-15-13-12-14-16-20)27-18-17-21(24(3,4)5)28-30(10,11)25(6,7)8/h12-17,19,22-23H,18H2,1-11H3/b21-17+. The van der Waals surface area contributed by atoms with E-state index < -0.39 is 8.32 Å². The molecule has 1 rings (SSSR count). The van der Waals surface area contributed by atoms with E-state index in [4.69, 9.17) is 13.9 Å². The minimum Gasteiger partial charge on any atom is -0.546 e. The van der Waals surface area contributed by atoms with Crippen molar-refractivity contribution < 1.29 is 13.9 Å². The van der Waals surface area contributed by atoms with Gasteiger partial charge in [0.25, 0.3) is 0 Å². The number of benzene rings is 1. The summed E-state index contributed by atoms with van der Waals surface area (Å²) in [6.07, 6.45) is 2.11. The summed E-state index contributed by atoms with van der Waals surface area (Å²) in [5.41, 5.74) is -0.133. The molecular formula is C25H44O3SSi. The Morgan fingerprint density at radius 2 is 1.60 bits per heavy atom. The van der Waals surface area contributed by atoms with Gasteiger partial charge in [0.2, 0.25) is 8.32 Å². The molecule has 1 aromatic carbocycles. The van der Waals surface area contributed by atoms with Crippen molar-refractivity contribution in [2.24, 2.45) is 11.3 Å². The van der Waals surface area contributed by atoms with Gasteiger partial charge in [-0.3, -0.25) is 0 Å². The van der Waals surface area contributed by atoms with Gasteiger partial charge in [-0.05, 0) is 42.3 Å². The Hall–Kier alpha value is -0.753. The van der Waals surface area contributed by atoms with Gasteiger partial charge in [-0.1, -0.05) is 85.4 Å². The Kier molecular flexibility index (Phi) is 10.2. The highest BCUT2D eigenvalue weighted by molar-refractivity contribution is 7.99. The van der Waals surface area contributed by atoms with E-state index in [0.717, 1.165) is 5.76 Å². The van der Waals surface area contributed by atoms with Crippen LogP contribution in [0.25, 0.3) is 0 Å². The first kappa shape index (κ1) is 27.3. The maximum Gasteiger partial charge on any atom is 0.250 e. The van der Waals surface area contributed by atoms with Gasteiger partial charge in [-0.2, -0.15) is 0 Å². The quantitative estimate of drug-likeness (QED) is 0.157. The number of hydrogen-bond acceptors (Lipinski definition) is 4. The summed E-state index contributed by atoms with van der Waals surface area (Å²) in [6.45, 7) is 22.9. The second-order valence-electron chi connectivity index (χ2n) is 10.8. The summed E-state index contributed by atoms with van der Waals surface area (Å²) in [5.74, 6) is 1.36. The molecule has 0 aliphatic heterocycles. The molecule has 1 aromatic rings. The molecule has 2 unspecified atom stereocenters. The van der Waals surface area contributed by atoms with Crippen LogP contribution in [0, 0.1) is 11.3 Å². The van der Waals surface area contributed by atoms with E-state index >= 15 is 0 Å². The van der Waals surface area contributed by atoms with Crippen molar-refractivity contribution in [3.8, 4) is 0 Å². The fraction of sp³-hybridized carbons (Fsp3) is 0.680. The van der Waals surface area contributed by atoms with E-state index in [-0.39, 0.29) is 22.0 Å². The summed E-state index contributed by atoms with van der Waals surface area (Å²) < 4.78 is 18.9. The van der Waals surface area contributed by atoms with Crippen LogP contribution < -0.4 is 0 Å². The molecule has 0 saturated heterocycles. The number of hydrogen-bond donors (Lipinski definition) is 0. The average molecular weight is 453 g/mol. The molecule has 0 aliphatic carbocycles. The highest BCUT2D eigenvalue weighted by atomic mass is 32.2. The third-order valence-corrected chi connectivity index (χ3v) is 11.2. The fourth-order valence-electron chi connectivity index (χ4n) is 2.63. The van der Waals surface area contributed by atoms with Crippen LogP contribution in [0.15, 0.2) is 47.1 Å². The number of ether oxygens (including phenoxy) is 2. The molecule has 0 N–H and O–H groups in total.